The van der Waals surface area contributed by atoms with Gasteiger partial charge in [0.25, 0.3) is 5.91 Å². The third-order valence-corrected chi connectivity index (χ3v) is 10.2. The van der Waals surface area contributed by atoms with Gasteiger partial charge in [-0.1, -0.05) is 54.6 Å². The Morgan fingerprint density at radius 3 is 2.45 bits per heavy atom. The first-order valence-electron chi connectivity index (χ1n) is 13.4. The van der Waals surface area contributed by atoms with E-state index in [4.69, 9.17) is 5.26 Å². The molecule has 2 amide bonds. The van der Waals surface area contributed by atoms with E-state index >= 15 is 0 Å². The number of aliphatic hydroxyl groups is 1. The summed E-state index contributed by atoms with van der Waals surface area (Å²) in [6.07, 6.45) is -0.766. The quantitative estimate of drug-likeness (QED) is 0.303. The summed E-state index contributed by atoms with van der Waals surface area (Å²) in [5, 5.41) is 20.3. The number of nitrogens with zero attached hydrogens (tertiary/aromatic N) is 3. The molecule has 0 radical (unpaired) electrons. The van der Waals surface area contributed by atoms with Gasteiger partial charge in [-0.2, -0.15) is 5.26 Å². The highest BCUT2D eigenvalue weighted by Crippen LogP contribution is 2.35. The molecular formula is C31H34N4O5S2. The van der Waals surface area contributed by atoms with Crippen molar-refractivity contribution in [3.8, 4) is 6.07 Å². The van der Waals surface area contributed by atoms with E-state index in [-0.39, 0.29) is 17.9 Å². The molecule has 4 rings (SSSR count). The Bertz CT molecular complexity index is 1540. The molecule has 0 saturated carbocycles. The summed E-state index contributed by atoms with van der Waals surface area (Å²) in [6.45, 7) is 5.09. The van der Waals surface area contributed by atoms with Crippen LogP contribution in [0.25, 0.3) is 0 Å². The van der Waals surface area contributed by atoms with Crippen LogP contribution in [0.5, 0.6) is 0 Å². The molecule has 3 atom stereocenters. The zero-order valence-electron chi connectivity index (χ0n) is 23.5. The lowest BCUT2D eigenvalue weighted by Gasteiger charge is -2.31. The van der Waals surface area contributed by atoms with Gasteiger partial charge in [-0.3, -0.25) is 9.59 Å². The SMILES string of the molecule is Cc1ccccc1CN(C=O)CC1(C)CN(C(=O)C(O)C(Cc2ccccc2)NS(=O)(=O)c2ccc(C#N)cc2)CS1. The molecule has 0 aliphatic carbocycles. The molecule has 1 aliphatic heterocycles. The van der Waals surface area contributed by atoms with Gasteiger partial charge in [0.1, 0.15) is 6.10 Å². The number of hydrogen-bond acceptors (Lipinski definition) is 7. The van der Waals surface area contributed by atoms with E-state index in [0.717, 1.165) is 23.1 Å². The van der Waals surface area contributed by atoms with Gasteiger partial charge < -0.3 is 14.9 Å². The number of nitrogens with one attached hydrogen (secondary N) is 1. The summed E-state index contributed by atoms with van der Waals surface area (Å²) in [4.78, 5) is 28.6. The molecule has 9 nitrogen and oxygen atoms in total. The fourth-order valence-electron chi connectivity index (χ4n) is 4.95. The molecule has 3 aromatic carbocycles. The lowest BCUT2D eigenvalue weighted by atomic mass is 10.0. The highest BCUT2D eigenvalue weighted by molar-refractivity contribution is 8.00. The van der Waals surface area contributed by atoms with Crippen LogP contribution in [-0.2, 0) is 32.6 Å². The number of aliphatic hydroxyl groups excluding tert-OH is 1. The van der Waals surface area contributed by atoms with Crippen molar-refractivity contribution in [2.75, 3.05) is 19.0 Å². The first kappa shape index (κ1) is 31.3. The molecule has 1 fully saturated rings. The summed E-state index contributed by atoms with van der Waals surface area (Å²) >= 11 is 1.51. The van der Waals surface area contributed by atoms with E-state index in [2.05, 4.69) is 4.72 Å². The molecule has 0 aromatic heterocycles. The normalized spacial score (nSPS) is 18.2. The average Bonchev–Trinajstić information content (AvgIpc) is 3.38. The molecule has 1 aliphatic rings. The van der Waals surface area contributed by atoms with Crippen LogP contribution in [0.2, 0.25) is 0 Å². The number of thioether (sulfide) groups is 1. The van der Waals surface area contributed by atoms with Crippen molar-refractivity contribution in [3.05, 3.63) is 101 Å². The number of aryl methyl sites for hydroxylation is 1. The summed E-state index contributed by atoms with van der Waals surface area (Å²) in [5.41, 5.74) is 3.18. The number of benzene rings is 3. The van der Waals surface area contributed by atoms with Gasteiger partial charge in [0, 0.05) is 19.6 Å². The van der Waals surface area contributed by atoms with Crippen molar-refractivity contribution in [2.24, 2.45) is 0 Å². The van der Waals surface area contributed by atoms with Gasteiger partial charge in [-0.25, -0.2) is 13.1 Å². The summed E-state index contributed by atoms with van der Waals surface area (Å²) in [6, 6.07) is 23.1. The average molecular weight is 607 g/mol. The highest BCUT2D eigenvalue weighted by atomic mass is 32.2. The Hall–Kier alpha value is -3.69. The monoisotopic (exact) mass is 606 g/mol. The predicted molar refractivity (Wildman–Crippen MR) is 162 cm³/mol. The number of nitriles is 1. The topological polar surface area (TPSA) is 131 Å². The van der Waals surface area contributed by atoms with Crippen LogP contribution in [0, 0.1) is 18.3 Å². The van der Waals surface area contributed by atoms with Crippen molar-refractivity contribution in [3.63, 3.8) is 0 Å². The largest absolute Gasteiger partial charge is 0.382 e. The zero-order valence-corrected chi connectivity index (χ0v) is 25.1. The van der Waals surface area contributed by atoms with Crippen molar-refractivity contribution >= 4 is 34.1 Å². The van der Waals surface area contributed by atoms with Crippen molar-refractivity contribution in [2.45, 2.75) is 48.6 Å². The molecule has 11 heteroatoms. The maximum Gasteiger partial charge on any atom is 0.253 e. The van der Waals surface area contributed by atoms with Crippen LogP contribution >= 0.6 is 11.8 Å². The summed E-state index contributed by atoms with van der Waals surface area (Å²) in [5.74, 6) is -0.296. The number of rotatable bonds is 12. The van der Waals surface area contributed by atoms with Crippen LogP contribution in [-0.4, -0.2) is 71.5 Å². The maximum atomic E-state index is 13.6. The number of amides is 2. The third-order valence-electron chi connectivity index (χ3n) is 7.26. The second-order valence-corrected chi connectivity index (χ2v) is 13.9. The van der Waals surface area contributed by atoms with Crippen LogP contribution in [0.15, 0.2) is 83.8 Å². The first-order valence-corrected chi connectivity index (χ1v) is 15.9. The highest BCUT2D eigenvalue weighted by Gasteiger charge is 2.42. The van der Waals surface area contributed by atoms with Crippen LogP contribution in [0.1, 0.15) is 29.2 Å². The number of carbonyl (C=O) groups excluding carboxylic acids is 2. The van der Waals surface area contributed by atoms with Gasteiger partial charge >= 0.3 is 0 Å². The minimum atomic E-state index is -4.12. The Kier molecular flexibility index (Phi) is 10.1. The lowest BCUT2D eigenvalue weighted by Crippen LogP contribution is -2.53. The van der Waals surface area contributed by atoms with E-state index in [1.165, 1.54) is 40.9 Å². The molecule has 3 unspecified atom stereocenters. The van der Waals surface area contributed by atoms with Crippen molar-refractivity contribution in [1.82, 2.24) is 14.5 Å². The van der Waals surface area contributed by atoms with Gasteiger partial charge in [-0.05, 0) is 61.2 Å². The molecule has 0 bridgehead atoms. The van der Waals surface area contributed by atoms with Gasteiger partial charge in [0.2, 0.25) is 16.4 Å². The maximum absolute atomic E-state index is 13.6. The smallest absolute Gasteiger partial charge is 0.253 e. The van der Waals surface area contributed by atoms with Crippen molar-refractivity contribution < 1.29 is 23.1 Å². The molecule has 2 N–H and O–H groups in total. The van der Waals surface area contributed by atoms with E-state index < -0.39 is 32.8 Å². The van der Waals surface area contributed by atoms with E-state index in [0.29, 0.717) is 24.5 Å². The minimum Gasteiger partial charge on any atom is -0.382 e. The van der Waals surface area contributed by atoms with Gasteiger partial charge in [0.15, 0.2) is 0 Å². The minimum absolute atomic E-state index is 0.0777. The summed E-state index contributed by atoms with van der Waals surface area (Å²) < 4.78 is 28.5. The molecule has 3 aromatic rings. The first-order chi connectivity index (χ1) is 20.0. The fourth-order valence-corrected chi connectivity index (χ4v) is 7.38. The van der Waals surface area contributed by atoms with Gasteiger partial charge in [-0.15, -0.1) is 11.8 Å². The second-order valence-electron chi connectivity index (χ2n) is 10.7. The van der Waals surface area contributed by atoms with Crippen LogP contribution in [0.4, 0.5) is 0 Å². The third kappa shape index (κ3) is 7.77. The number of sulfonamides is 1. The van der Waals surface area contributed by atoms with Crippen molar-refractivity contribution in [1.29, 1.82) is 5.26 Å². The molecule has 1 heterocycles. The standard InChI is InChI=1S/C31H34N4O5S2/c1-23-8-6-7-11-26(23)18-34(21-36)19-31(2)20-35(22-41-31)30(38)29(37)28(16-24-9-4-3-5-10-24)33-42(39,40)27-14-12-25(17-32)13-15-27/h3-15,21,28-29,33,37H,16,18-20,22H2,1-2H3. The Morgan fingerprint density at radius 1 is 1.14 bits per heavy atom. The predicted octanol–water partition coefficient (Wildman–Crippen LogP) is 3.07. The summed E-state index contributed by atoms with van der Waals surface area (Å²) in [7, 11) is -4.12. The fraction of sp³-hybridized carbons (Fsp3) is 0.323. The Balaban J connectivity index is 1.48. The molecule has 220 valence electrons. The van der Waals surface area contributed by atoms with E-state index in [1.54, 1.807) is 29.2 Å². The molecule has 0 spiro atoms. The van der Waals surface area contributed by atoms with Crippen LogP contribution in [0.3, 0.4) is 0 Å². The zero-order chi connectivity index (χ0) is 30.3. The lowest BCUT2D eigenvalue weighted by molar-refractivity contribution is -0.140. The van der Waals surface area contributed by atoms with E-state index in [9.17, 15) is 23.1 Å². The molecular weight excluding hydrogens is 572 g/mol. The van der Waals surface area contributed by atoms with Gasteiger partial charge in [0.05, 0.1) is 33.2 Å². The molecule has 1 saturated heterocycles. The molecule has 42 heavy (non-hydrogen) atoms. The second kappa shape index (κ2) is 13.5. The van der Waals surface area contributed by atoms with Crippen LogP contribution < -0.4 is 4.72 Å². The van der Waals surface area contributed by atoms with E-state index in [1.807, 2.05) is 50.2 Å². The Labute approximate surface area is 251 Å². The number of hydrogen-bond donors (Lipinski definition) is 2. The Morgan fingerprint density at radius 2 is 1.81 bits per heavy atom. The number of carbonyl (C=O) groups is 2.